The quantitative estimate of drug-likeness (QED) is 0.909. The van der Waals surface area contributed by atoms with Crippen LogP contribution in [0, 0.1) is 5.41 Å². The molecule has 0 aromatic carbocycles. The van der Waals surface area contributed by atoms with E-state index in [1.807, 2.05) is 0 Å². The fourth-order valence-electron chi connectivity index (χ4n) is 2.96. The van der Waals surface area contributed by atoms with Crippen LogP contribution >= 0.6 is 0 Å². The molecule has 108 valence electrons. The second-order valence-electron chi connectivity index (χ2n) is 7.06. The molecule has 1 atom stereocenters. The molecular formula is C15H27N3O. The third kappa shape index (κ3) is 3.56. The largest absolute Gasteiger partial charge is 0.339 e. The van der Waals surface area contributed by atoms with E-state index in [1.54, 1.807) is 0 Å². The molecule has 0 aliphatic carbocycles. The number of nitrogens with one attached hydrogen (secondary N) is 1. The topological polar surface area (TPSA) is 51.0 Å². The first-order valence-corrected chi connectivity index (χ1v) is 7.49. The zero-order valence-corrected chi connectivity index (χ0v) is 12.8. The lowest BCUT2D eigenvalue weighted by atomic mass is 9.77. The van der Waals surface area contributed by atoms with E-state index in [-0.39, 0.29) is 10.8 Å². The minimum Gasteiger partial charge on any atom is -0.339 e. The van der Waals surface area contributed by atoms with Gasteiger partial charge in [0.15, 0.2) is 5.82 Å². The summed E-state index contributed by atoms with van der Waals surface area (Å²) >= 11 is 0. The Bertz CT molecular complexity index is 394. The van der Waals surface area contributed by atoms with Crippen LogP contribution < -0.4 is 5.32 Å². The van der Waals surface area contributed by atoms with E-state index in [4.69, 9.17) is 9.51 Å². The molecular weight excluding hydrogens is 238 g/mol. The normalized spacial score (nSPS) is 24.6. The third-order valence-electron chi connectivity index (χ3n) is 3.81. The summed E-state index contributed by atoms with van der Waals surface area (Å²) in [6, 6.07) is 0. The van der Waals surface area contributed by atoms with Crippen molar-refractivity contribution in [3.05, 3.63) is 11.7 Å². The molecule has 4 heteroatoms. The number of hydrogen-bond donors (Lipinski definition) is 1. The summed E-state index contributed by atoms with van der Waals surface area (Å²) in [5, 5.41) is 7.68. The highest BCUT2D eigenvalue weighted by molar-refractivity contribution is 5.09. The monoisotopic (exact) mass is 265 g/mol. The standard InChI is InChI=1S/C15H27N3O/c1-5-7-15(8-6-9-16-11-15)13-17-12(18-19-13)10-14(2,3)4/h16H,5-11H2,1-4H3. The molecule has 0 radical (unpaired) electrons. The molecule has 0 spiro atoms. The van der Waals surface area contributed by atoms with Gasteiger partial charge in [-0.2, -0.15) is 4.98 Å². The summed E-state index contributed by atoms with van der Waals surface area (Å²) in [6.07, 6.45) is 5.49. The van der Waals surface area contributed by atoms with Gasteiger partial charge in [-0.05, 0) is 31.2 Å². The van der Waals surface area contributed by atoms with Gasteiger partial charge in [0.1, 0.15) is 0 Å². The average molecular weight is 265 g/mol. The summed E-state index contributed by atoms with van der Waals surface area (Å²) in [7, 11) is 0. The fourth-order valence-corrected chi connectivity index (χ4v) is 2.96. The molecule has 2 rings (SSSR count). The number of hydrogen-bond acceptors (Lipinski definition) is 4. The predicted octanol–water partition coefficient (Wildman–Crippen LogP) is 3.08. The van der Waals surface area contributed by atoms with Crippen LogP contribution in [0.1, 0.15) is 65.1 Å². The van der Waals surface area contributed by atoms with Gasteiger partial charge in [-0.25, -0.2) is 0 Å². The van der Waals surface area contributed by atoms with Crippen LogP contribution in [0.2, 0.25) is 0 Å². The van der Waals surface area contributed by atoms with Crippen molar-refractivity contribution in [1.82, 2.24) is 15.5 Å². The molecule has 1 saturated heterocycles. The van der Waals surface area contributed by atoms with Crippen LogP contribution in [0.25, 0.3) is 0 Å². The van der Waals surface area contributed by atoms with E-state index in [9.17, 15) is 0 Å². The molecule has 1 N–H and O–H groups in total. The lowest BCUT2D eigenvalue weighted by Crippen LogP contribution is -2.43. The Labute approximate surface area is 116 Å². The van der Waals surface area contributed by atoms with Crippen LogP contribution in [-0.2, 0) is 11.8 Å². The van der Waals surface area contributed by atoms with Crippen LogP contribution in [0.3, 0.4) is 0 Å². The van der Waals surface area contributed by atoms with Crippen molar-refractivity contribution >= 4 is 0 Å². The molecule has 0 bridgehead atoms. The first-order valence-electron chi connectivity index (χ1n) is 7.49. The maximum atomic E-state index is 5.60. The van der Waals surface area contributed by atoms with Crippen LogP contribution in [0.4, 0.5) is 0 Å². The highest BCUT2D eigenvalue weighted by Crippen LogP contribution is 2.35. The van der Waals surface area contributed by atoms with Gasteiger partial charge in [0.2, 0.25) is 5.89 Å². The van der Waals surface area contributed by atoms with Crippen molar-refractivity contribution in [3.63, 3.8) is 0 Å². The summed E-state index contributed by atoms with van der Waals surface area (Å²) in [6.45, 7) is 10.9. The fraction of sp³-hybridized carbons (Fsp3) is 0.867. The van der Waals surface area contributed by atoms with Gasteiger partial charge < -0.3 is 9.84 Å². The first kappa shape index (κ1) is 14.5. The van der Waals surface area contributed by atoms with E-state index in [0.717, 1.165) is 50.5 Å². The second kappa shape index (κ2) is 5.61. The van der Waals surface area contributed by atoms with E-state index in [2.05, 4.69) is 38.2 Å². The van der Waals surface area contributed by atoms with Crippen molar-refractivity contribution in [2.75, 3.05) is 13.1 Å². The second-order valence-corrected chi connectivity index (χ2v) is 7.06. The van der Waals surface area contributed by atoms with Gasteiger partial charge in [0, 0.05) is 13.0 Å². The molecule has 4 nitrogen and oxygen atoms in total. The lowest BCUT2D eigenvalue weighted by Gasteiger charge is -2.34. The van der Waals surface area contributed by atoms with Crippen molar-refractivity contribution < 1.29 is 4.52 Å². The summed E-state index contributed by atoms with van der Waals surface area (Å²) < 4.78 is 5.60. The SMILES string of the molecule is CCCC1(c2nc(CC(C)(C)C)no2)CCCNC1. The molecule has 1 fully saturated rings. The first-order chi connectivity index (χ1) is 8.95. The molecule has 1 aromatic heterocycles. The van der Waals surface area contributed by atoms with Gasteiger partial charge >= 0.3 is 0 Å². The molecule has 0 saturated carbocycles. The maximum Gasteiger partial charge on any atom is 0.234 e. The highest BCUT2D eigenvalue weighted by atomic mass is 16.5. The molecule has 2 heterocycles. The molecule has 1 unspecified atom stereocenters. The van der Waals surface area contributed by atoms with Gasteiger partial charge in [-0.15, -0.1) is 0 Å². The van der Waals surface area contributed by atoms with E-state index >= 15 is 0 Å². The zero-order chi connectivity index (χ0) is 13.9. The predicted molar refractivity (Wildman–Crippen MR) is 76.1 cm³/mol. The van der Waals surface area contributed by atoms with Crippen molar-refractivity contribution in [2.24, 2.45) is 5.41 Å². The highest BCUT2D eigenvalue weighted by Gasteiger charge is 2.38. The lowest BCUT2D eigenvalue weighted by molar-refractivity contribution is 0.212. The summed E-state index contributed by atoms with van der Waals surface area (Å²) in [4.78, 5) is 4.69. The summed E-state index contributed by atoms with van der Waals surface area (Å²) in [5.74, 6) is 1.70. The number of rotatable bonds is 4. The van der Waals surface area contributed by atoms with Crippen LogP contribution in [0.15, 0.2) is 4.52 Å². The Hall–Kier alpha value is -0.900. The van der Waals surface area contributed by atoms with Crippen molar-refractivity contribution in [3.8, 4) is 0 Å². The minimum absolute atomic E-state index is 0.0656. The molecule has 1 aliphatic heterocycles. The Kier molecular flexibility index (Phi) is 4.29. The maximum absolute atomic E-state index is 5.60. The number of aromatic nitrogens is 2. The van der Waals surface area contributed by atoms with E-state index in [1.165, 1.54) is 6.42 Å². The average Bonchev–Trinajstić information content (AvgIpc) is 2.77. The van der Waals surface area contributed by atoms with E-state index < -0.39 is 0 Å². The molecule has 19 heavy (non-hydrogen) atoms. The minimum atomic E-state index is 0.0656. The molecule has 1 aromatic rings. The van der Waals surface area contributed by atoms with Gasteiger partial charge in [-0.1, -0.05) is 39.3 Å². The van der Waals surface area contributed by atoms with Crippen LogP contribution in [-0.4, -0.2) is 23.2 Å². The Balaban J connectivity index is 2.18. The van der Waals surface area contributed by atoms with Crippen LogP contribution in [0.5, 0.6) is 0 Å². The van der Waals surface area contributed by atoms with Gasteiger partial charge in [0.25, 0.3) is 0 Å². The molecule has 0 amide bonds. The van der Waals surface area contributed by atoms with Crippen molar-refractivity contribution in [2.45, 2.75) is 65.2 Å². The van der Waals surface area contributed by atoms with E-state index in [0.29, 0.717) is 0 Å². The molecule has 1 aliphatic rings. The summed E-state index contributed by atoms with van der Waals surface area (Å²) in [5.41, 5.74) is 0.264. The third-order valence-corrected chi connectivity index (χ3v) is 3.81. The van der Waals surface area contributed by atoms with Gasteiger partial charge in [-0.3, -0.25) is 0 Å². The smallest absolute Gasteiger partial charge is 0.234 e. The zero-order valence-electron chi connectivity index (χ0n) is 12.8. The number of piperidine rings is 1. The Morgan fingerprint density at radius 3 is 2.74 bits per heavy atom. The number of nitrogens with zero attached hydrogens (tertiary/aromatic N) is 2. The Morgan fingerprint density at radius 1 is 1.37 bits per heavy atom. The van der Waals surface area contributed by atoms with Crippen molar-refractivity contribution in [1.29, 1.82) is 0 Å². The Morgan fingerprint density at radius 2 is 2.16 bits per heavy atom. The van der Waals surface area contributed by atoms with Gasteiger partial charge in [0.05, 0.1) is 5.41 Å².